The van der Waals surface area contributed by atoms with Crippen LogP contribution in [0.5, 0.6) is 0 Å². The van der Waals surface area contributed by atoms with E-state index in [9.17, 15) is 4.79 Å². The highest BCUT2D eigenvalue weighted by Gasteiger charge is 2.06. The molecule has 1 amide bonds. The van der Waals surface area contributed by atoms with Crippen molar-refractivity contribution in [3.8, 4) is 0 Å². The van der Waals surface area contributed by atoms with Crippen molar-refractivity contribution in [2.75, 3.05) is 6.54 Å². The third kappa shape index (κ3) is 3.85. The molecule has 0 saturated heterocycles. The maximum absolute atomic E-state index is 11.6. The molecule has 9 nitrogen and oxygen atoms in total. The second-order valence-corrected chi connectivity index (χ2v) is 3.94. The summed E-state index contributed by atoms with van der Waals surface area (Å²) in [4.78, 5) is 15.6. The number of rotatable bonds is 6. The highest BCUT2D eigenvalue weighted by Crippen LogP contribution is 1.95. The number of hydrogen-bond donors (Lipinski definition) is 2. The van der Waals surface area contributed by atoms with Gasteiger partial charge in [0.15, 0.2) is 5.82 Å². The average molecular weight is 265 g/mol. The molecule has 0 bridgehead atoms. The van der Waals surface area contributed by atoms with Crippen molar-refractivity contribution in [1.29, 1.82) is 0 Å². The van der Waals surface area contributed by atoms with Crippen molar-refractivity contribution in [1.82, 2.24) is 30.5 Å². The van der Waals surface area contributed by atoms with Crippen molar-refractivity contribution in [2.45, 2.75) is 26.4 Å². The van der Waals surface area contributed by atoms with Crippen LogP contribution in [0, 0.1) is 6.92 Å². The van der Waals surface area contributed by atoms with Gasteiger partial charge in [-0.1, -0.05) is 10.4 Å². The molecular weight excluding hydrogens is 250 g/mol. The molecule has 0 fully saturated rings. The van der Waals surface area contributed by atoms with Gasteiger partial charge in [0.2, 0.25) is 11.8 Å². The molecular formula is C10H15N7O2. The molecule has 0 atom stereocenters. The zero-order valence-electron chi connectivity index (χ0n) is 10.5. The minimum Gasteiger partial charge on any atom is -0.354 e. The first-order chi connectivity index (χ1) is 9.17. The standard InChI is InChI=1S/C10H15N7O2/c1-7-13-9(15-19-7)2-3-12-10(18)6-17-5-8(4-11)14-16-17/h5H,2-4,6,11H2,1H3,(H,12,18). The number of aromatic nitrogens is 5. The van der Waals surface area contributed by atoms with Gasteiger partial charge in [-0.3, -0.25) is 4.79 Å². The minimum atomic E-state index is -0.159. The summed E-state index contributed by atoms with van der Waals surface area (Å²) >= 11 is 0. The molecule has 0 spiro atoms. The summed E-state index contributed by atoms with van der Waals surface area (Å²) in [5, 5.41) is 14.0. The van der Waals surface area contributed by atoms with Crippen LogP contribution in [0.4, 0.5) is 0 Å². The lowest BCUT2D eigenvalue weighted by molar-refractivity contribution is -0.121. The predicted molar refractivity (Wildman–Crippen MR) is 63.7 cm³/mol. The number of carbonyl (C=O) groups excluding carboxylic acids is 1. The number of nitrogens with two attached hydrogens (primary N) is 1. The Balaban J connectivity index is 1.72. The maximum atomic E-state index is 11.6. The summed E-state index contributed by atoms with van der Waals surface area (Å²) in [5.74, 6) is 0.927. The number of amides is 1. The van der Waals surface area contributed by atoms with Crippen molar-refractivity contribution in [2.24, 2.45) is 5.73 Å². The molecule has 0 aliphatic carbocycles. The quantitative estimate of drug-likeness (QED) is 0.671. The Kier molecular flexibility index (Phi) is 4.18. The molecule has 2 aromatic heterocycles. The summed E-state index contributed by atoms with van der Waals surface area (Å²) in [5.41, 5.74) is 6.05. The molecule has 19 heavy (non-hydrogen) atoms. The SMILES string of the molecule is Cc1nc(CCNC(=O)Cn2cc(CN)nn2)no1. The van der Waals surface area contributed by atoms with Crippen LogP contribution in [0.2, 0.25) is 0 Å². The lowest BCUT2D eigenvalue weighted by atomic mass is 10.4. The van der Waals surface area contributed by atoms with E-state index in [4.69, 9.17) is 10.3 Å². The van der Waals surface area contributed by atoms with E-state index in [0.29, 0.717) is 36.9 Å². The van der Waals surface area contributed by atoms with Crippen LogP contribution in [0.1, 0.15) is 17.4 Å². The Morgan fingerprint density at radius 2 is 2.42 bits per heavy atom. The number of hydrogen-bond acceptors (Lipinski definition) is 7. The third-order valence-corrected chi connectivity index (χ3v) is 2.34. The summed E-state index contributed by atoms with van der Waals surface area (Å²) < 4.78 is 6.27. The lowest BCUT2D eigenvalue weighted by Gasteiger charge is -2.02. The number of aryl methyl sites for hydroxylation is 1. The van der Waals surface area contributed by atoms with E-state index >= 15 is 0 Å². The van der Waals surface area contributed by atoms with Gasteiger partial charge in [0, 0.05) is 26.4 Å². The van der Waals surface area contributed by atoms with Gasteiger partial charge in [-0.05, 0) is 0 Å². The van der Waals surface area contributed by atoms with Crippen LogP contribution >= 0.6 is 0 Å². The summed E-state index contributed by atoms with van der Waals surface area (Å²) in [6.07, 6.45) is 2.16. The van der Waals surface area contributed by atoms with E-state index in [1.54, 1.807) is 13.1 Å². The smallest absolute Gasteiger partial charge is 0.241 e. The van der Waals surface area contributed by atoms with Crippen molar-refractivity contribution >= 4 is 5.91 Å². The molecule has 2 heterocycles. The fraction of sp³-hybridized carbons (Fsp3) is 0.500. The Hall–Kier alpha value is -2.29. The zero-order valence-corrected chi connectivity index (χ0v) is 10.5. The lowest BCUT2D eigenvalue weighted by Crippen LogP contribution is -2.29. The molecule has 0 saturated carbocycles. The first-order valence-electron chi connectivity index (χ1n) is 5.82. The Morgan fingerprint density at radius 3 is 3.05 bits per heavy atom. The van der Waals surface area contributed by atoms with Gasteiger partial charge >= 0.3 is 0 Å². The van der Waals surface area contributed by atoms with E-state index in [1.165, 1.54) is 4.68 Å². The largest absolute Gasteiger partial charge is 0.354 e. The monoisotopic (exact) mass is 265 g/mol. The maximum Gasteiger partial charge on any atom is 0.241 e. The molecule has 2 aromatic rings. The van der Waals surface area contributed by atoms with Gasteiger partial charge in [0.25, 0.3) is 0 Å². The van der Waals surface area contributed by atoms with Gasteiger partial charge in [0.05, 0.1) is 11.9 Å². The first-order valence-corrected chi connectivity index (χ1v) is 5.82. The predicted octanol–water partition coefficient (Wildman–Crippen LogP) is -1.21. The van der Waals surface area contributed by atoms with Gasteiger partial charge in [-0.25, -0.2) is 4.68 Å². The van der Waals surface area contributed by atoms with Crippen LogP contribution in [0.25, 0.3) is 0 Å². The number of nitrogens with zero attached hydrogens (tertiary/aromatic N) is 5. The van der Waals surface area contributed by atoms with Crippen molar-refractivity contribution in [3.63, 3.8) is 0 Å². The summed E-state index contributed by atoms with van der Waals surface area (Å²) in [6, 6.07) is 0. The molecule has 0 aliphatic heterocycles. The molecule has 9 heteroatoms. The fourth-order valence-electron chi connectivity index (χ4n) is 1.47. The Labute approximate surface area is 109 Å². The highest BCUT2D eigenvalue weighted by atomic mass is 16.5. The Morgan fingerprint density at radius 1 is 1.58 bits per heavy atom. The van der Waals surface area contributed by atoms with Gasteiger partial charge in [0.1, 0.15) is 6.54 Å². The number of carbonyl (C=O) groups is 1. The topological polar surface area (TPSA) is 125 Å². The van der Waals surface area contributed by atoms with Crippen LogP contribution in [-0.4, -0.2) is 37.6 Å². The molecule has 102 valence electrons. The summed E-state index contributed by atoms with van der Waals surface area (Å²) in [6.45, 7) is 2.57. The molecule has 0 radical (unpaired) electrons. The fourth-order valence-corrected chi connectivity index (χ4v) is 1.47. The van der Waals surface area contributed by atoms with E-state index in [1.807, 2.05) is 0 Å². The summed E-state index contributed by atoms with van der Waals surface area (Å²) in [7, 11) is 0. The third-order valence-electron chi connectivity index (χ3n) is 2.34. The molecule has 2 rings (SSSR count). The number of nitrogens with one attached hydrogen (secondary N) is 1. The average Bonchev–Trinajstić information content (AvgIpc) is 2.98. The zero-order chi connectivity index (χ0) is 13.7. The van der Waals surface area contributed by atoms with Crippen molar-refractivity contribution in [3.05, 3.63) is 23.6 Å². The van der Waals surface area contributed by atoms with Gasteiger partial charge in [-0.2, -0.15) is 4.98 Å². The van der Waals surface area contributed by atoms with Gasteiger partial charge in [-0.15, -0.1) is 5.10 Å². The molecule has 3 N–H and O–H groups in total. The normalized spacial score (nSPS) is 10.6. The Bertz CT molecular complexity index is 548. The van der Waals surface area contributed by atoms with E-state index in [0.717, 1.165) is 0 Å². The van der Waals surface area contributed by atoms with E-state index in [2.05, 4.69) is 25.8 Å². The second-order valence-electron chi connectivity index (χ2n) is 3.94. The molecule has 0 unspecified atom stereocenters. The molecule has 0 aromatic carbocycles. The highest BCUT2D eigenvalue weighted by molar-refractivity contribution is 5.75. The second kappa shape index (κ2) is 6.05. The van der Waals surface area contributed by atoms with Crippen LogP contribution < -0.4 is 11.1 Å². The van der Waals surface area contributed by atoms with Crippen LogP contribution in [-0.2, 0) is 24.3 Å². The van der Waals surface area contributed by atoms with Crippen LogP contribution in [0.15, 0.2) is 10.7 Å². The van der Waals surface area contributed by atoms with E-state index < -0.39 is 0 Å². The van der Waals surface area contributed by atoms with E-state index in [-0.39, 0.29) is 12.5 Å². The molecule has 0 aliphatic rings. The van der Waals surface area contributed by atoms with Crippen molar-refractivity contribution < 1.29 is 9.32 Å². The van der Waals surface area contributed by atoms with Gasteiger partial charge < -0.3 is 15.6 Å². The first kappa shape index (κ1) is 13.1. The minimum absolute atomic E-state index is 0.109. The van der Waals surface area contributed by atoms with Crippen LogP contribution in [0.3, 0.4) is 0 Å².